The minimum absolute atomic E-state index is 0.313. The summed E-state index contributed by atoms with van der Waals surface area (Å²) in [5.41, 5.74) is 4.57. The van der Waals surface area contributed by atoms with E-state index in [9.17, 15) is 4.79 Å². The number of aromatic nitrogens is 3. The fourth-order valence-corrected chi connectivity index (χ4v) is 3.97. The molecule has 5 rings (SSSR count). The minimum atomic E-state index is -0.313. The van der Waals surface area contributed by atoms with Crippen LogP contribution in [0.15, 0.2) is 83.4 Å². The van der Waals surface area contributed by atoms with Gasteiger partial charge in [0.15, 0.2) is 0 Å². The molecule has 8 heteroatoms. The maximum atomic E-state index is 13.6. The number of benzene rings is 3. The number of carbonyl (C=O) groups excluding carboxylic acids is 1. The smallest absolute Gasteiger partial charge is 0.259 e. The number of hydrogen-bond acceptors (Lipinski definition) is 6. The van der Waals surface area contributed by atoms with Gasteiger partial charge < -0.3 is 19.2 Å². The molecule has 2 aromatic heterocycles. The summed E-state index contributed by atoms with van der Waals surface area (Å²) in [6.07, 6.45) is 1.72. The van der Waals surface area contributed by atoms with Crippen molar-refractivity contribution in [2.24, 2.45) is 0 Å². The summed E-state index contributed by atoms with van der Waals surface area (Å²) >= 11 is 0. The van der Waals surface area contributed by atoms with Gasteiger partial charge in [-0.15, -0.1) is 0 Å². The van der Waals surface area contributed by atoms with Gasteiger partial charge in [0.2, 0.25) is 5.89 Å². The van der Waals surface area contributed by atoms with Gasteiger partial charge in [-0.05, 0) is 56.3 Å². The zero-order valence-corrected chi connectivity index (χ0v) is 21.0. The van der Waals surface area contributed by atoms with E-state index in [4.69, 9.17) is 19.0 Å². The van der Waals surface area contributed by atoms with Gasteiger partial charge in [0.05, 0.1) is 31.2 Å². The van der Waals surface area contributed by atoms with Crippen LogP contribution in [0.3, 0.4) is 0 Å². The van der Waals surface area contributed by atoms with Crippen LogP contribution in [0, 0.1) is 13.8 Å². The Labute approximate surface area is 214 Å². The van der Waals surface area contributed by atoms with Crippen molar-refractivity contribution in [3.63, 3.8) is 0 Å². The summed E-state index contributed by atoms with van der Waals surface area (Å²) in [5, 5.41) is 7.76. The summed E-state index contributed by atoms with van der Waals surface area (Å²) in [5.74, 6) is 2.14. The third-order valence-corrected chi connectivity index (χ3v) is 6.04. The number of hydrogen-bond donors (Lipinski definition) is 1. The lowest BCUT2D eigenvalue weighted by molar-refractivity contribution is 0.102. The molecule has 37 heavy (non-hydrogen) atoms. The number of nitrogens with one attached hydrogen (secondary N) is 1. The topological polar surface area (TPSA) is 91.4 Å². The number of nitrogens with zero attached hydrogens (tertiary/aromatic N) is 3. The first-order chi connectivity index (χ1) is 18.0. The highest BCUT2D eigenvalue weighted by Crippen LogP contribution is 2.35. The summed E-state index contributed by atoms with van der Waals surface area (Å²) in [6, 6.07) is 22.4. The van der Waals surface area contributed by atoms with Crippen molar-refractivity contribution in [2.45, 2.75) is 13.8 Å². The average molecular weight is 495 g/mol. The van der Waals surface area contributed by atoms with Gasteiger partial charge >= 0.3 is 0 Å². The Morgan fingerprint density at radius 3 is 2.46 bits per heavy atom. The van der Waals surface area contributed by atoms with Gasteiger partial charge in [-0.3, -0.25) is 4.79 Å². The third-order valence-electron chi connectivity index (χ3n) is 6.04. The molecule has 0 fully saturated rings. The van der Waals surface area contributed by atoms with Gasteiger partial charge in [0, 0.05) is 29.1 Å². The predicted molar refractivity (Wildman–Crippen MR) is 141 cm³/mol. The molecule has 0 aliphatic rings. The highest BCUT2D eigenvalue weighted by atomic mass is 16.5. The molecule has 0 spiro atoms. The maximum absolute atomic E-state index is 13.6. The molecule has 0 atom stereocenters. The van der Waals surface area contributed by atoms with Crippen molar-refractivity contribution in [3.05, 3.63) is 96.0 Å². The standard InChI is InChI=1S/C29H26N4O4/c1-18-19(2)37-29(30-18)20-9-8-10-21(15-20)31-28(34)25-17-33(22-11-6-5-7-12-22)32-27(25)24-14-13-23(35-3)16-26(24)36-4/h5-17H,1-4H3,(H,31,34). The molecule has 0 radical (unpaired) electrons. The Kier molecular flexibility index (Phi) is 6.47. The molecule has 1 N–H and O–H groups in total. The van der Waals surface area contributed by atoms with Gasteiger partial charge in [-0.1, -0.05) is 24.3 Å². The van der Waals surface area contributed by atoms with E-state index >= 15 is 0 Å². The van der Waals surface area contributed by atoms with Crippen LogP contribution in [0.5, 0.6) is 11.5 Å². The van der Waals surface area contributed by atoms with Gasteiger partial charge in [0.25, 0.3) is 5.91 Å². The van der Waals surface area contributed by atoms with Crippen molar-refractivity contribution in [1.82, 2.24) is 14.8 Å². The Morgan fingerprint density at radius 1 is 0.946 bits per heavy atom. The second kappa shape index (κ2) is 10.0. The van der Waals surface area contributed by atoms with Crippen molar-refractivity contribution < 1.29 is 18.7 Å². The van der Waals surface area contributed by atoms with Crippen LogP contribution in [-0.2, 0) is 0 Å². The monoisotopic (exact) mass is 494 g/mol. The predicted octanol–water partition coefficient (Wildman–Crippen LogP) is 6.08. The second-order valence-corrected chi connectivity index (χ2v) is 8.43. The van der Waals surface area contributed by atoms with E-state index < -0.39 is 0 Å². The van der Waals surface area contributed by atoms with Crippen molar-refractivity contribution in [3.8, 4) is 39.9 Å². The van der Waals surface area contributed by atoms with E-state index in [0.717, 1.165) is 22.7 Å². The Hall–Kier alpha value is -4.85. The van der Waals surface area contributed by atoms with Gasteiger partial charge in [-0.25, -0.2) is 9.67 Å². The number of para-hydroxylation sites is 1. The number of oxazole rings is 1. The number of ether oxygens (including phenoxy) is 2. The first-order valence-electron chi connectivity index (χ1n) is 11.7. The molecular weight excluding hydrogens is 468 g/mol. The minimum Gasteiger partial charge on any atom is -0.497 e. The highest BCUT2D eigenvalue weighted by Gasteiger charge is 2.22. The number of amides is 1. The molecule has 5 aromatic rings. The SMILES string of the molecule is COc1ccc(-c2nn(-c3ccccc3)cc2C(=O)Nc2cccc(-c3nc(C)c(C)o3)c2)c(OC)c1. The van der Waals surface area contributed by atoms with Crippen LogP contribution in [0.2, 0.25) is 0 Å². The fraction of sp³-hybridized carbons (Fsp3) is 0.138. The van der Waals surface area contributed by atoms with E-state index in [-0.39, 0.29) is 5.91 Å². The fourth-order valence-electron chi connectivity index (χ4n) is 3.97. The number of aryl methyl sites for hydroxylation is 2. The third kappa shape index (κ3) is 4.81. The van der Waals surface area contributed by atoms with Gasteiger partial charge in [-0.2, -0.15) is 5.10 Å². The molecule has 0 aliphatic carbocycles. The van der Waals surface area contributed by atoms with Crippen molar-refractivity contribution in [2.75, 3.05) is 19.5 Å². The normalized spacial score (nSPS) is 10.8. The molecule has 8 nitrogen and oxygen atoms in total. The molecule has 2 heterocycles. The van der Waals surface area contributed by atoms with Crippen LogP contribution < -0.4 is 14.8 Å². The quantitative estimate of drug-likeness (QED) is 0.295. The molecule has 0 saturated carbocycles. The summed E-state index contributed by atoms with van der Waals surface area (Å²) < 4.78 is 18.4. The summed E-state index contributed by atoms with van der Waals surface area (Å²) in [4.78, 5) is 18.1. The molecule has 0 aliphatic heterocycles. The van der Waals surface area contributed by atoms with E-state index in [1.165, 1.54) is 0 Å². The van der Waals surface area contributed by atoms with Crippen LogP contribution >= 0.6 is 0 Å². The first-order valence-corrected chi connectivity index (χ1v) is 11.7. The number of anilines is 1. The molecule has 3 aromatic carbocycles. The second-order valence-electron chi connectivity index (χ2n) is 8.43. The van der Waals surface area contributed by atoms with Crippen LogP contribution in [0.4, 0.5) is 5.69 Å². The van der Waals surface area contributed by atoms with Crippen LogP contribution in [0.1, 0.15) is 21.8 Å². The Bertz CT molecular complexity index is 1550. The molecule has 1 amide bonds. The lowest BCUT2D eigenvalue weighted by atomic mass is 10.1. The van der Waals surface area contributed by atoms with Gasteiger partial charge in [0.1, 0.15) is 23.0 Å². The van der Waals surface area contributed by atoms with E-state index in [1.54, 1.807) is 31.2 Å². The van der Waals surface area contributed by atoms with Crippen molar-refractivity contribution in [1.29, 1.82) is 0 Å². The lowest BCUT2D eigenvalue weighted by Crippen LogP contribution is -2.12. The van der Waals surface area contributed by atoms with E-state index in [2.05, 4.69) is 10.3 Å². The zero-order chi connectivity index (χ0) is 25.9. The van der Waals surface area contributed by atoms with Crippen LogP contribution in [-0.4, -0.2) is 34.9 Å². The number of rotatable bonds is 7. The average Bonchev–Trinajstić information content (AvgIpc) is 3.52. The van der Waals surface area contributed by atoms with Crippen molar-refractivity contribution >= 4 is 11.6 Å². The largest absolute Gasteiger partial charge is 0.497 e. The Balaban J connectivity index is 1.54. The molecule has 186 valence electrons. The first kappa shape index (κ1) is 23.9. The Morgan fingerprint density at radius 2 is 1.76 bits per heavy atom. The lowest BCUT2D eigenvalue weighted by Gasteiger charge is -2.11. The molecular formula is C29H26N4O4. The molecule has 0 bridgehead atoms. The molecule has 0 unspecified atom stereocenters. The summed E-state index contributed by atoms with van der Waals surface area (Å²) in [7, 11) is 3.16. The van der Waals surface area contributed by atoms with E-state index in [0.29, 0.717) is 39.9 Å². The molecule has 0 saturated heterocycles. The number of methoxy groups -OCH3 is 2. The number of carbonyl (C=O) groups is 1. The maximum Gasteiger partial charge on any atom is 0.259 e. The highest BCUT2D eigenvalue weighted by molar-refractivity contribution is 6.08. The van der Waals surface area contributed by atoms with E-state index in [1.807, 2.05) is 80.6 Å². The zero-order valence-electron chi connectivity index (χ0n) is 21.0. The van der Waals surface area contributed by atoms with Crippen LogP contribution in [0.25, 0.3) is 28.4 Å². The summed E-state index contributed by atoms with van der Waals surface area (Å²) in [6.45, 7) is 3.77.